The molecule has 3 heterocycles. The first-order valence-electron chi connectivity index (χ1n) is 8.30. The minimum atomic E-state index is -0.734. The number of aromatic nitrogens is 3. The Morgan fingerprint density at radius 2 is 2.07 bits per heavy atom. The Labute approximate surface area is 187 Å². The molecule has 0 unspecified atom stereocenters. The number of anilines is 1. The van der Waals surface area contributed by atoms with E-state index in [1.807, 2.05) is 10.8 Å². The van der Waals surface area contributed by atoms with Gasteiger partial charge in [-0.25, -0.2) is 18.7 Å². The Morgan fingerprint density at radius 3 is 2.76 bits per heavy atom. The van der Waals surface area contributed by atoms with Crippen LogP contribution in [0, 0.1) is 11.6 Å². The van der Waals surface area contributed by atoms with E-state index in [0.29, 0.717) is 34.2 Å². The lowest BCUT2D eigenvalue weighted by Crippen LogP contribution is -2.31. The standard InChI is InChI=1S/C18H13BrF2N4OS2.ClH/c19-15-3-2-13(27-15)17(26)25(6-1-5-24-7-4-22-10-24)18-23-16-12(21)8-11(20)9-14(16)28-18;/h2-4,7-10H,1,5-6H2;1H. The van der Waals surface area contributed by atoms with Crippen LogP contribution in [0.25, 0.3) is 10.2 Å². The highest BCUT2D eigenvalue weighted by molar-refractivity contribution is 9.11. The van der Waals surface area contributed by atoms with Gasteiger partial charge in [-0.05, 0) is 40.5 Å². The molecule has 5 nitrogen and oxygen atoms in total. The summed E-state index contributed by atoms with van der Waals surface area (Å²) in [5.41, 5.74) is 0.0705. The lowest BCUT2D eigenvalue weighted by atomic mass is 10.3. The maximum atomic E-state index is 14.1. The third-order valence-electron chi connectivity index (χ3n) is 4.02. The lowest BCUT2D eigenvalue weighted by Gasteiger charge is -2.19. The van der Waals surface area contributed by atoms with E-state index in [1.54, 1.807) is 24.7 Å². The fraction of sp³-hybridized carbons (Fsp3) is 0.167. The summed E-state index contributed by atoms with van der Waals surface area (Å²) in [6.07, 6.45) is 5.90. The van der Waals surface area contributed by atoms with Gasteiger partial charge >= 0.3 is 0 Å². The maximum absolute atomic E-state index is 14.1. The number of thiophene rings is 1. The molecule has 0 radical (unpaired) electrons. The minimum absolute atomic E-state index is 0. The topological polar surface area (TPSA) is 51.0 Å². The molecule has 0 saturated heterocycles. The van der Waals surface area contributed by atoms with Gasteiger partial charge in [0.25, 0.3) is 5.91 Å². The molecule has 29 heavy (non-hydrogen) atoms. The van der Waals surface area contributed by atoms with Crippen molar-refractivity contribution in [3.8, 4) is 0 Å². The molecule has 152 valence electrons. The summed E-state index contributed by atoms with van der Waals surface area (Å²) >= 11 is 5.78. The van der Waals surface area contributed by atoms with E-state index in [4.69, 9.17) is 0 Å². The van der Waals surface area contributed by atoms with Crippen LogP contribution >= 0.6 is 51.0 Å². The van der Waals surface area contributed by atoms with E-state index in [1.165, 1.54) is 22.3 Å². The molecule has 0 spiro atoms. The normalized spacial score (nSPS) is 10.9. The van der Waals surface area contributed by atoms with Crippen molar-refractivity contribution in [2.24, 2.45) is 0 Å². The van der Waals surface area contributed by atoms with Crippen molar-refractivity contribution in [1.82, 2.24) is 14.5 Å². The molecule has 11 heteroatoms. The SMILES string of the molecule is Cl.O=C(c1ccc(Br)s1)N(CCCn1ccnc1)c1nc2c(F)cc(F)cc2s1. The summed E-state index contributed by atoms with van der Waals surface area (Å²) < 4.78 is 30.7. The first kappa shape index (κ1) is 21.8. The molecule has 0 fully saturated rings. The zero-order chi connectivity index (χ0) is 19.7. The molecule has 4 aromatic rings. The Balaban J connectivity index is 0.00000240. The molecule has 0 aliphatic heterocycles. The number of hydrogen-bond acceptors (Lipinski definition) is 5. The highest BCUT2D eigenvalue weighted by atomic mass is 79.9. The van der Waals surface area contributed by atoms with Crippen LogP contribution in [0.3, 0.4) is 0 Å². The second-order valence-corrected chi connectivity index (χ2v) is 9.42. The second-order valence-electron chi connectivity index (χ2n) is 5.95. The molecule has 3 aromatic heterocycles. The van der Waals surface area contributed by atoms with E-state index in [9.17, 15) is 13.6 Å². The highest BCUT2D eigenvalue weighted by Gasteiger charge is 2.23. The summed E-state index contributed by atoms with van der Waals surface area (Å²) in [6.45, 7) is 1.06. The van der Waals surface area contributed by atoms with Crippen LogP contribution in [0.2, 0.25) is 0 Å². The molecular formula is C18H14BrClF2N4OS2. The number of imidazole rings is 1. The van der Waals surface area contributed by atoms with Crippen LogP contribution in [0.1, 0.15) is 16.1 Å². The lowest BCUT2D eigenvalue weighted by molar-refractivity contribution is 0.0990. The van der Waals surface area contributed by atoms with Crippen molar-refractivity contribution in [2.75, 3.05) is 11.4 Å². The Kier molecular flexibility index (Phi) is 6.99. The average molecular weight is 520 g/mol. The molecule has 4 rings (SSSR count). The van der Waals surface area contributed by atoms with Crippen LogP contribution in [-0.2, 0) is 6.54 Å². The summed E-state index contributed by atoms with van der Waals surface area (Å²) in [4.78, 5) is 23.4. The summed E-state index contributed by atoms with van der Waals surface area (Å²) in [5.74, 6) is -1.62. The minimum Gasteiger partial charge on any atom is -0.337 e. The maximum Gasteiger partial charge on any atom is 0.270 e. The van der Waals surface area contributed by atoms with Gasteiger partial charge < -0.3 is 4.57 Å². The Morgan fingerprint density at radius 1 is 1.24 bits per heavy atom. The van der Waals surface area contributed by atoms with E-state index in [2.05, 4.69) is 25.9 Å². The van der Waals surface area contributed by atoms with E-state index < -0.39 is 11.6 Å². The van der Waals surface area contributed by atoms with Crippen LogP contribution in [0.4, 0.5) is 13.9 Å². The molecule has 0 aliphatic rings. The summed E-state index contributed by atoms with van der Waals surface area (Å²) in [5, 5.41) is 0.347. The van der Waals surface area contributed by atoms with Gasteiger partial charge in [-0.3, -0.25) is 9.69 Å². The van der Waals surface area contributed by atoms with Crippen molar-refractivity contribution >= 4 is 72.3 Å². The predicted octanol–water partition coefficient (Wildman–Crippen LogP) is 5.75. The number of aryl methyl sites for hydroxylation is 1. The van der Waals surface area contributed by atoms with E-state index in [-0.39, 0.29) is 23.8 Å². The van der Waals surface area contributed by atoms with E-state index in [0.717, 1.165) is 21.2 Å². The number of nitrogens with zero attached hydrogens (tertiary/aromatic N) is 4. The average Bonchev–Trinajstić information content (AvgIpc) is 3.38. The van der Waals surface area contributed by atoms with Crippen molar-refractivity contribution in [1.29, 1.82) is 0 Å². The number of benzene rings is 1. The number of amides is 1. The van der Waals surface area contributed by atoms with Crippen molar-refractivity contribution < 1.29 is 13.6 Å². The van der Waals surface area contributed by atoms with Gasteiger partial charge in [0.05, 0.1) is 19.7 Å². The molecule has 0 atom stereocenters. The fourth-order valence-corrected chi connectivity index (χ4v) is 5.10. The van der Waals surface area contributed by atoms with Crippen molar-refractivity contribution in [3.05, 3.63) is 63.3 Å². The van der Waals surface area contributed by atoms with Gasteiger partial charge in [-0.1, -0.05) is 11.3 Å². The third-order valence-corrected chi connectivity index (χ3v) is 6.66. The molecular weight excluding hydrogens is 506 g/mol. The fourth-order valence-electron chi connectivity index (χ4n) is 2.74. The number of halogens is 4. The molecule has 0 N–H and O–H groups in total. The van der Waals surface area contributed by atoms with Crippen molar-refractivity contribution in [3.63, 3.8) is 0 Å². The van der Waals surface area contributed by atoms with Gasteiger partial charge in [0, 0.05) is 31.5 Å². The highest BCUT2D eigenvalue weighted by Crippen LogP contribution is 2.33. The number of rotatable bonds is 6. The summed E-state index contributed by atoms with van der Waals surface area (Å²) in [7, 11) is 0. The zero-order valence-electron chi connectivity index (χ0n) is 14.7. The van der Waals surface area contributed by atoms with Crippen LogP contribution in [0.15, 0.2) is 46.8 Å². The smallest absolute Gasteiger partial charge is 0.270 e. The van der Waals surface area contributed by atoms with E-state index >= 15 is 0 Å². The summed E-state index contributed by atoms with van der Waals surface area (Å²) in [6, 6.07) is 5.56. The number of fused-ring (bicyclic) bond motifs is 1. The molecule has 0 aliphatic carbocycles. The number of hydrogen-bond donors (Lipinski definition) is 0. The first-order chi connectivity index (χ1) is 13.5. The Hall–Kier alpha value is -1.88. The van der Waals surface area contributed by atoms with Gasteiger partial charge in [-0.15, -0.1) is 23.7 Å². The monoisotopic (exact) mass is 518 g/mol. The van der Waals surface area contributed by atoms with Gasteiger partial charge in [-0.2, -0.15) is 0 Å². The Bertz CT molecular complexity index is 1130. The molecule has 0 bridgehead atoms. The zero-order valence-corrected chi connectivity index (χ0v) is 18.8. The number of carbonyl (C=O) groups excluding carboxylic acids is 1. The number of carbonyl (C=O) groups is 1. The molecule has 1 amide bonds. The van der Waals surface area contributed by atoms with Crippen LogP contribution in [0.5, 0.6) is 0 Å². The molecule has 1 aromatic carbocycles. The van der Waals surface area contributed by atoms with Gasteiger partial charge in [0.1, 0.15) is 11.3 Å². The van der Waals surface area contributed by atoms with Crippen molar-refractivity contribution in [2.45, 2.75) is 13.0 Å². The second kappa shape index (κ2) is 9.29. The largest absolute Gasteiger partial charge is 0.337 e. The van der Waals surface area contributed by atoms with Gasteiger partial charge in [0.2, 0.25) is 0 Å². The quantitative estimate of drug-likeness (QED) is 0.326. The van der Waals surface area contributed by atoms with Crippen LogP contribution < -0.4 is 4.90 Å². The predicted molar refractivity (Wildman–Crippen MR) is 117 cm³/mol. The van der Waals surface area contributed by atoms with Gasteiger partial charge in [0.15, 0.2) is 10.9 Å². The third kappa shape index (κ3) is 4.82. The number of thiazole rings is 1. The first-order valence-corrected chi connectivity index (χ1v) is 10.7. The van der Waals surface area contributed by atoms with Crippen LogP contribution in [-0.4, -0.2) is 27.0 Å². The molecule has 0 saturated carbocycles.